The van der Waals surface area contributed by atoms with Gasteiger partial charge in [0.05, 0.1) is 0 Å². The van der Waals surface area contributed by atoms with E-state index in [1.807, 2.05) is 6.26 Å². The standard InChI is InChI=1S/C8H16N2OS/c1-6(7(2)10-11)8(9)4-5-12-3/h7-8H,1,4-5,9H2,2-3H3/t7?,8-/m0/s1. The van der Waals surface area contributed by atoms with Gasteiger partial charge in [-0.2, -0.15) is 16.7 Å². The fraction of sp³-hybridized carbons (Fsp3) is 0.750. The quantitative estimate of drug-likeness (QED) is 0.510. The predicted molar refractivity (Wildman–Crippen MR) is 55.4 cm³/mol. The normalized spacial score (nSPS) is 15.2. The van der Waals surface area contributed by atoms with Gasteiger partial charge in [0.2, 0.25) is 0 Å². The van der Waals surface area contributed by atoms with Crippen LogP contribution in [0.15, 0.2) is 17.3 Å². The first-order valence-electron chi connectivity index (χ1n) is 3.89. The zero-order chi connectivity index (χ0) is 9.56. The Morgan fingerprint density at radius 1 is 1.75 bits per heavy atom. The molecular weight excluding hydrogens is 172 g/mol. The molecule has 0 amide bonds. The number of thioether (sulfide) groups is 1. The summed E-state index contributed by atoms with van der Waals surface area (Å²) in [6.07, 6.45) is 2.89. The molecule has 0 aliphatic rings. The van der Waals surface area contributed by atoms with Gasteiger partial charge in [-0.25, -0.2) is 0 Å². The number of nitrogens with two attached hydrogens (primary N) is 1. The largest absolute Gasteiger partial charge is 0.324 e. The number of hydrogen-bond acceptors (Lipinski definition) is 4. The average Bonchev–Trinajstić information content (AvgIpc) is 2.11. The highest BCUT2D eigenvalue weighted by Gasteiger charge is 2.13. The number of nitroso groups, excluding NO2 is 1. The van der Waals surface area contributed by atoms with Crippen LogP contribution in [0.3, 0.4) is 0 Å². The van der Waals surface area contributed by atoms with Crippen LogP contribution in [0.2, 0.25) is 0 Å². The Balaban J connectivity index is 3.83. The lowest BCUT2D eigenvalue weighted by Crippen LogP contribution is -2.27. The summed E-state index contributed by atoms with van der Waals surface area (Å²) in [5, 5.41) is 2.88. The SMILES string of the molecule is C=C(C(C)N=O)[C@@H](N)CCSC. The van der Waals surface area contributed by atoms with Crippen molar-refractivity contribution in [2.45, 2.75) is 25.4 Å². The first-order chi connectivity index (χ1) is 5.63. The summed E-state index contributed by atoms with van der Waals surface area (Å²) < 4.78 is 0. The van der Waals surface area contributed by atoms with Gasteiger partial charge in [0, 0.05) is 6.04 Å². The van der Waals surface area contributed by atoms with E-state index in [0.29, 0.717) is 0 Å². The van der Waals surface area contributed by atoms with E-state index in [-0.39, 0.29) is 12.1 Å². The maximum atomic E-state index is 10.2. The number of rotatable bonds is 6. The highest BCUT2D eigenvalue weighted by Crippen LogP contribution is 2.11. The van der Waals surface area contributed by atoms with Crippen LogP contribution in [-0.2, 0) is 0 Å². The molecule has 0 saturated carbocycles. The van der Waals surface area contributed by atoms with Gasteiger partial charge in [0.15, 0.2) is 0 Å². The van der Waals surface area contributed by atoms with E-state index in [1.165, 1.54) is 0 Å². The second-order valence-corrected chi connectivity index (χ2v) is 3.73. The summed E-state index contributed by atoms with van der Waals surface area (Å²) in [5.41, 5.74) is 6.50. The molecule has 0 fully saturated rings. The minimum absolute atomic E-state index is 0.0925. The molecule has 0 bridgehead atoms. The van der Waals surface area contributed by atoms with Crippen molar-refractivity contribution in [3.05, 3.63) is 17.1 Å². The minimum atomic E-state index is -0.359. The molecule has 0 aromatic rings. The Morgan fingerprint density at radius 3 is 2.75 bits per heavy atom. The molecule has 0 heterocycles. The molecule has 12 heavy (non-hydrogen) atoms. The van der Waals surface area contributed by atoms with Gasteiger partial charge in [-0.1, -0.05) is 11.8 Å². The third kappa shape index (κ3) is 3.88. The van der Waals surface area contributed by atoms with Crippen LogP contribution in [0.25, 0.3) is 0 Å². The van der Waals surface area contributed by atoms with Crippen LogP contribution in [0.4, 0.5) is 0 Å². The zero-order valence-electron chi connectivity index (χ0n) is 7.62. The molecule has 4 heteroatoms. The Hall–Kier alpha value is -0.350. The van der Waals surface area contributed by atoms with Crippen molar-refractivity contribution < 1.29 is 0 Å². The van der Waals surface area contributed by atoms with Crippen LogP contribution < -0.4 is 5.73 Å². The summed E-state index contributed by atoms with van der Waals surface area (Å²) in [6, 6.07) is -0.452. The van der Waals surface area contributed by atoms with Crippen molar-refractivity contribution in [3.63, 3.8) is 0 Å². The number of nitrogens with zero attached hydrogens (tertiary/aromatic N) is 1. The molecule has 2 atom stereocenters. The third-order valence-electron chi connectivity index (χ3n) is 1.80. The molecule has 0 spiro atoms. The van der Waals surface area contributed by atoms with Gasteiger partial charge in [-0.15, -0.1) is 0 Å². The first-order valence-corrected chi connectivity index (χ1v) is 5.28. The van der Waals surface area contributed by atoms with Gasteiger partial charge in [0.1, 0.15) is 6.04 Å². The van der Waals surface area contributed by atoms with Crippen molar-refractivity contribution in [2.24, 2.45) is 10.9 Å². The molecule has 0 aliphatic carbocycles. The van der Waals surface area contributed by atoms with Crippen molar-refractivity contribution in [3.8, 4) is 0 Å². The summed E-state index contributed by atoms with van der Waals surface area (Å²) in [7, 11) is 0. The topological polar surface area (TPSA) is 55.5 Å². The molecule has 1 unspecified atom stereocenters. The van der Waals surface area contributed by atoms with E-state index in [2.05, 4.69) is 11.8 Å². The van der Waals surface area contributed by atoms with Gasteiger partial charge < -0.3 is 5.73 Å². The monoisotopic (exact) mass is 188 g/mol. The molecule has 2 N–H and O–H groups in total. The molecule has 0 radical (unpaired) electrons. The highest BCUT2D eigenvalue weighted by molar-refractivity contribution is 7.98. The molecule has 0 aromatic carbocycles. The predicted octanol–water partition coefficient (Wildman–Crippen LogP) is 1.78. The molecule has 3 nitrogen and oxygen atoms in total. The lowest BCUT2D eigenvalue weighted by Gasteiger charge is -2.15. The lowest BCUT2D eigenvalue weighted by atomic mass is 10.0. The smallest absolute Gasteiger partial charge is 0.111 e. The van der Waals surface area contributed by atoms with Gasteiger partial charge in [-0.3, -0.25) is 0 Å². The van der Waals surface area contributed by atoms with Gasteiger partial charge in [0.25, 0.3) is 0 Å². The average molecular weight is 188 g/mol. The Kier molecular flexibility index (Phi) is 6.02. The maximum Gasteiger partial charge on any atom is 0.111 e. The first kappa shape index (κ1) is 11.6. The van der Waals surface area contributed by atoms with E-state index in [4.69, 9.17) is 5.73 Å². The van der Waals surface area contributed by atoms with E-state index >= 15 is 0 Å². The summed E-state index contributed by atoms with van der Waals surface area (Å²) in [5.74, 6) is 0.992. The molecule has 0 rings (SSSR count). The molecule has 0 aliphatic heterocycles. The van der Waals surface area contributed by atoms with Crippen molar-refractivity contribution in [1.29, 1.82) is 0 Å². The molecule has 0 saturated heterocycles. The molecular formula is C8H16N2OS. The van der Waals surface area contributed by atoms with E-state index in [1.54, 1.807) is 18.7 Å². The number of hydrogen-bond donors (Lipinski definition) is 1. The Morgan fingerprint density at radius 2 is 2.33 bits per heavy atom. The van der Waals surface area contributed by atoms with Crippen molar-refractivity contribution in [1.82, 2.24) is 0 Å². The van der Waals surface area contributed by atoms with Crippen LogP contribution in [0.5, 0.6) is 0 Å². The maximum absolute atomic E-state index is 10.2. The van der Waals surface area contributed by atoms with Crippen LogP contribution in [-0.4, -0.2) is 24.1 Å². The minimum Gasteiger partial charge on any atom is -0.324 e. The van der Waals surface area contributed by atoms with Gasteiger partial charge >= 0.3 is 0 Å². The zero-order valence-corrected chi connectivity index (χ0v) is 8.43. The van der Waals surface area contributed by atoms with E-state index in [0.717, 1.165) is 17.7 Å². The highest BCUT2D eigenvalue weighted by atomic mass is 32.2. The van der Waals surface area contributed by atoms with Crippen LogP contribution in [0, 0.1) is 4.91 Å². The van der Waals surface area contributed by atoms with Crippen molar-refractivity contribution in [2.75, 3.05) is 12.0 Å². The fourth-order valence-electron chi connectivity index (χ4n) is 0.808. The van der Waals surface area contributed by atoms with Crippen LogP contribution in [0.1, 0.15) is 13.3 Å². The second-order valence-electron chi connectivity index (χ2n) is 2.74. The summed E-state index contributed by atoms with van der Waals surface area (Å²) >= 11 is 1.74. The molecule has 70 valence electrons. The third-order valence-corrected chi connectivity index (χ3v) is 2.45. The lowest BCUT2D eigenvalue weighted by molar-refractivity contribution is 0.676. The van der Waals surface area contributed by atoms with Crippen molar-refractivity contribution >= 4 is 11.8 Å². The van der Waals surface area contributed by atoms with Crippen LogP contribution >= 0.6 is 11.8 Å². The van der Waals surface area contributed by atoms with E-state index in [9.17, 15) is 4.91 Å². The van der Waals surface area contributed by atoms with Gasteiger partial charge in [-0.05, 0) is 30.9 Å². The summed E-state index contributed by atoms with van der Waals surface area (Å²) in [4.78, 5) is 10.2. The summed E-state index contributed by atoms with van der Waals surface area (Å²) in [6.45, 7) is 5.47. The van der Waals surface area contributed by atoms with E-state index < -0.39 is 0 Å². The molecule has 0 aromatic heterocycles. The Bertz CT molecular complexity index is 161. The fourth-order valence-corrected chi connectivity index (χ4v) is 1.30. The second kappa shape index (κ2) is 6.20. The Labute approximate surface area is 77.8 Å².